The third-order valence-corrected chi connectivity index (χ3v) is 4.21. The smallest absolute Gasteiger partial charge is 0.203 e. The number of nitrogens with zero attached hydrogens (tertiary/aromatic N) is 2. The lowest BCUT2D eigenvalue weighted by Gasteiger charge is -2.23. The molecule has 0 aliphatic heterocycles. The van der Waals surface area contributed by atoms with Crippen LogP contribution in [0.1, 0.15) is 19.3 Å². The van der Waals surface area contributed by atoms with Crippen molar-refractivity contribution >= 4 is 28.2 Å². The summed E-state index contributed by atoms with van der Waals surface area (Å²) < 4.78 is 1.01. The SMILES string of the molecule is Nc1nnc(SCC2CCC2)s1. The van der Waals surface area contributed by atoms with Crippen LogP contribution in [0.4, 0.5) is 5.13 Å². The quantitative estimate of drug-likeness (QED) is 0.760. The molecule has 1 aliphatic rings. The Kier molecular flexibility index (Phi) is 2.51. The first kappa shape index (κ1) is 8.31. The van der Waals surface area contributed by atoms with Gasteiger partial charge in [0.2, 0.25) is 5.13 Å². The second-order valence-electron chi connectivity index (χ2n) is 3.01. The van der Waals surface area contributed by atoms with Gasteiger partial charge in [-0.25, -0.2) is 0 Å². The fourth-order valence-electron chi connectivity index (χ4n) is 1.13. The highest BCUT2D eigenvalue weighted by Gasteiger charge is 2.17. The molecule has 1 saturated carbocycles. The van der Waals surface area contributed by atoms with E-state index in [1.165, 1.54) is 36.4 Å². The Morgan fingerprint density at radius 3 is 2.83 bits per heavy atom. The number of thioether (sulfide) groups is 1. The maximum Gasteiger partial charge on any atom is 0.203 e. The minimum Gasteiger partial charge on any atom is -0.374 e. The lowest BCUT2D eigenvalue weighted by atomic mass is 9.87. The van der Waals surface area contributed by atoms with Gasteiger partial charge in [0.25, 0.3) is 0 Å². The Bertz CT molecular complexity index is 257. The van der Waals surface area contributed by atoms with Crippen LogP contribution in [0.25, 0.3) is 0 Å². The van der Waals surface area contributed by atoms with Gasteiger partial charge in [-0.05, 0) is 18.8 Å². The summed E-state index contributed by atoms with van der Waals surface area (Å²) in [5.74, 6) is 2.11. The van der Waals surface area contributed by atoms with Crippen molar-refractivity contribution in [3.8, 4) is 0 Å². The van der Waals surface area contributed by atoms with Gasteiger partial charge in [0.15, 0.2) is 4.34 Å². The summed E-state index contributed by atoms with van der Waals surface area (Å²) >= 11 is 3.27. The molecular weight excluding hydrogens is 190 g/mol. The maximum atomic E-state index is 5.46. The van der Waals surface area contributed by atoms with Crippen LogP contribution >= 0.6 is 23.1 Å². The van der Waals surface area contributed by atoms with Gasteiger partial charge in [-0.15, -0.1) is 10.2 Å². The van der Waals surface area contributed by atoms with E-state index in [4.69, 9.17) is 5.73 Å². The summed E-state index contributed by atoms with van der Waals surface area (Å²) in [6, 6.07) is 0. The van der Waals surface area contributed by atoms with E-state index in [2.05, 4.69) is 10.2 Å². The molecule has 0 spiro atoms. The average Bonchev–Trinajstić information content (AvgIpc) is 2.32. The normalized spacial score (nSPS) is 17.7. The van der Waals surface area contributed by atoms with Gasteiger partial charge >= 0.3 is 0 Å². The molecule has 1 fully saturated rings. The number of hydrogen-bond acceptors (Lipinski definition) is 5. The highest BCUT2D eigenvalue weighted by molar-refractivity contribution is 8.01. The number of aromatic nitrogens is 2. The van der Waals surface area contributed by atoms with Gasteiger partial charge in [0.1, 0.15) is 0 Å². The van der Waals surface area contributed by atoms with Crippen molar-refractivity contribution in [2.24, 2.45) is 5.92 Å². The maximum absolute atomic E-state index is 5.46. The van der Waals surface area contributed by atoms with Crippen LogP contribution in [-0.4, -0.2) is 16.0 Å². The van der Waals surface area contributed by atoms with E-state index in [0.29, 0.717) is 5.13 Å². The van der Waals surface area contributed by atoms with Crippen LogP contribution in [0, 0.1) is 5.92 Å². The number of nitrogens with two attached hydrogens (primary N) is 1. The number of rotatable bonds is 3. The lowest BCUT2D eigenvalue weighted by molar-refractivity contribution is 0.353. The van der Waals surface area contributed by atoms with E-state index in [-0.39, 0.29) is 0 Å². The Morgan fingerprint density at radius 2 is 2.33 bits per heavy atom. The summed E-state index contributed by atoms with van der Waals surface area (Å²) in [4.78, 5) is 0. The topological polar surface area (TPSA) is 51.8 Å². The molecular formula is C7H11N3S2. The summed E-state index contributed by atoms with van der Waals surface area (Å²) in [6.07, 6.45) is 4.19. The molecule has 0 unspecified atom stereocenters. The number of anilines is 1. The zero-order valence-corrected chi connectivity index (χ0v) is 8.33. The molecule has 0 radical (unpaired) electrons. The largest absolute Gasteiger partial charge is 0.374 e. The fourth-order valence-corrected chi connectivity index (χ4v) is 2.98. The zero-order valence-electron chi connectivity index (χ0n) is 6.69. The van der Waals surface area contributed by atoms with Gasteiger partial charge in [-0.2, -0.15) is 0 Å². The van der Waals surface area contributed by atoms with E-state index >= 15 is 0 Å². The van der Waals surface area contributed by atoms with Gasteiger partial charge in [0, 0.05) is 5.75 Å². The van der Waals surface area contributed by atoms with Gasteiger partial charge < -0.3 is 5.73 Å². The van der Waals surface area contributed by atoms with Crippen LogP contribution in [-0.2, 0) is 0 Å². The molecule has 1 aromatic rings. The molecule has 5 heteroatoms. The summed E-state index contributed by atoms with van der Waals surface area (Å²) in [6.45, 7) is 0. The minimum atomic E-state index is 0.575. The first-order valence-electron chi connectivity index (χ1n) is 4.06. The van der Waals surface area contributed by atoms with Crippen molar-refractivity contribution in [2.75, 3.05) is 11.5 Å². The van der Waals surface area contributed by atoms with Gasteiger partial charge in [-0.3, -0.25) is 0 Å². The molecule has 12 heavy (non-hydrogen) atoms. The predicted octanol–water partition coefficient (Wildman–Crippen LogP) is 2.01. The van der Waals surface area contributed by atoms with E-state index in [0.717, 1.165) is 10.3 Å². The monoisotopic (exact) mass is 201 g/mol. The molecule has 1 aromatic heterocycles. The van der Waals surface area contributed by atoms with Gasteiger partial charge in [0.05, 0.1) is 0 Å². The van der Waals surface area contributed by atoms with E-state index in [9.17, 15) is 0 Å². The van der Waals surface area contributed by atoms with Crippen molar-refractivity contribution in [1.29, 1.82) is 0 Å². The van der Waals surface area contributed by atoms with Crippen LogP contribution < -0.4 is 5.73 Å². The number of nitrogen functional groups attached to an aromatic ring is 1. The highest BCUT2D eigenvalue weighted by Crippen LogP contribution is 2.33. The third-order valence-electron chi connectivity index (χ3n) is 2.09. The van der Waals surface area contributed by atoms with Crippen LogP contribution in [0.3, 0.4) is 0 Å². The van der Waals surface area contributed by atoms with Crippen molar-refractivity contribution in [3.63, 3.8) is 0 Å². The van der Waals surface area contributed by atoms with E-state index in [1.54, 1.807) is 11.8 Å². The molecule has 1 aliphatic carbocycles. The Labute approximate surface area is 79.8 Å². The second kappa shape index (κ2) is 3.62. The molecule has 2 N–H and O–H groups in total. The van der Waals surface area contributed by atoms with Crippen molar-refractivity contribution in [2.45, 2.75) is 23.6 Å². The Balaban J connectivity index is 1.79. The molecule has 0 aromatic carbocycles. The summed E-state index contributed by atoms with van der Waals surface area (Å²) in [7, 11) is 0. The molecule has 0 saturated heterocycles. The second-order valence-corrected chi connectivity index (χ2v) is 5.29. The molecule has 2 rings (SSSR count). The minimum absolute atomic E-state index is 0.575. The average molecular weight is 201 g/mol. The summed E-state index contributed by atoms with van der Waals surface area (Å²) in [5.41, 5.74) is 5.46. The number of hydrogen-bond donors (Lipinski definition) is 1. The fraction of sp³-hybridized carbons (Fsp3) is 0.714. The molecule has 1 heterocycles. The van der Waals surface area contributed by atoms with Gasteiger partial charge in [-0.1, -0.05) is 29.5 Å². The molecule has 66 valence electrons. The molecule has 0 amide bonds. The summed E-state index contributed by atoms with van der Waals surface area (Å²) in [5, 5.41) is 8.29. The van der Waals surface area contributed by atoms with Crippen LogP contribution in [0.5, 0.6) is 0 Å². The van der Waals surface area contributed by atoms with E-state index in [1.807, 2.05) is 0 Å². The van der Waals surface area contributed by atoms with E-state index < -0.39 is 0 Å². The predicted molar refractivity (Wildman–Crippen MR) is 52.4 cm³/mol. The van der Waals surface area contributed by atoms with Crippen LogP contribution in [0.2, 0.25) is 0 Å². The standard InChI is InChI=1S/C7H11N3S2/c8-6-9-10-7(12-6)11-4-5-2-1-3-5/h5H,1-4H2,(H2,8,9). The van der Waals surface area contributed by atoms with Crippen LogP contribution in [0.15, 0.2) is 4.34 Å². The Morgan fingerprint density at radius 1 is 1.50 bits per heavy atom. The highest BCUT2D eigenvalue weighted by atomic mass is 32.2. The third kappa shape index (κ3) is 1.90. The molecule has 0 bridgehead atoms. The first-order valence-corrected chi connectivity index (χ1v) is 5.86. The van der Waals surface area contributed by atoms with Crippen molar-refractivity contribution in [1.82, 2.24) is 10.2 Å². The van der Waals surface area contributed by atoms with Crippen molar-refractivity contribution in [3.05, 3.63) is 0 Å². The lowest BCUT2D eigenvalue weighted by Crippen LogP contribution is -2.12. The first-order chi connectivity index (χ1) is 5.84. The molecule has 3 nitrogen and oxygen atoms in total. The van der Waals surface area contributed by atoms with Crippen molar-refractivity contribution < 1.29 is 0 Å². The molecule has 0 atom stereocenters. The zero-order chi connectivity index (χ0) is 8.39. The Hall–Kier alpha value is -0.290.